The van der Waals surface area contributed by atoms with Gasteiger partial charge in [-0.3, -0.25) is 4.98 Å². The predicted molar refractivity (Wildman–Crippen MR) is 67.2 cm³/mol. The van der Waals surface area contributed by atoms with Crippen LogP contribution in [-0.2, 0) is 0 Å². The first kappa shape index (κ1) is 10.9. The molecule has 3 heteroatoms. The molecule has 2 unspecified atom stereocenters. The summed E-state index contributed by atoms with van der Waals surface area (Å²) in [5, 5.41) is 0. The summed E-state index contributed by atoms with van der Waals surface area (Å²) < 4.78 is 1.10. The minimum Gasteiger partial charge on any atom is -0.365 e. The molecule has 0 N–H and O–H groups in total. The van der Waals surface area contributed by atoms with Gasteiger partial charge in [-0.25, -0.2) is 0 Å². The summed E-state index contributed by atoms with van der Waals surface area (Å²) in [5.74, 6) is 0. The number of nitrogens with zero attached hydrogens (tertiary/aromatic N) is 2. The van der Waals surface area contributed by atoms with Gasteiger partial charge in [0.25, 0.3) is 0 Å². The summed E-state index contributed by atoms with van der Waals surface area (Å²) in [6.07, 6.45) is 7.68. The van der Waals surface area contributed by atoms with E-state index in [1.807, 2.05) is 12.4 Å². The van der Waals surface area contributed by atoms with Gasteiger partial charge in [0.1, 0.15) is 0 Å². The van der Waals surface area contributed by atoms with Gasteiger partial charge in [-0.1, -0.05) is 0 Å². The van der Waals surface area contributed by atoms with Crippen molar-refractivity contribution in [3.63, 3.8) is 0 Å². The molecule has 2 heterocycles. The highest BCUT2D eigenvalue weighted by atomic mass is 79.9. The summed E-state index contributed by atoms with van der Waals surface area (Å²) >= 11 is 3.58. The third-order valence-electron chi connectivity index (χ3n) is 3.22. The molecular weight excluding hydrogens is 252 g/mol. The molecule has 0 saturated carbocycles. The standard InChI is InChI=1S/C12H17BrN2/c1-9-4-3-5-10(2)15(9)12-6-7-14-8-11(12)13/h6-10H,3-5H2,1-2H3. The van der Waals surface area contributed by atoms with Crippen LogP contribution in [-0.4, -0.2) is 17.1 Å². The second kappa shape index (κ2) is 4.52. The van der Waals surface area contributed by atoms with Crippen LogP contribution in [0.1, 0.15) is 33.1 Å². The average molecular weight is 269 g/mol. The highest BCUT2D eigenvalue weighted by molar-refractivity contribution is 9.10. The first-order valence-electron chi connectivity index (χ1n) is 5.58. The molecule has 2 rings (SSSR count). The van der Waals surface area contributed by atoms with E-state index in [1.165, 1.54) is 24.9 Å². The van der Waals surface area contributed by atoms with Crippen molar-refractivity contribution >= 4 is 21.6 Å². The lowest BCUT2D eigenvalue weighted by molar-refractivity contribution is 0.414. The number of hydrogen-bond acceptors (Lipinski definition) is 2. The lowest BCUT2D eigenvalue weighted by Gasteiger charge is -2.41. The van der Waals surface area contributed by atoms with Crippen molar-refractivity contribution in [1.29, 1.82) is 0 Å². The molecule has 1 aromatic rings. The highest BCUT2D eigenvalue weighted by Gasteiger charge is 2.25. The molecule has 1 aliphatic rings. The second-order valence-electron chi connectivity index (χ2n) is 4.36. The zero-order chi connectivity index (χ0) is 10.8. The normalized spacial score (nSPS) is 26.7. The zero-order valence-corrected chi connectivity index (χ0v) is 10.9. The molecule has 2 nitrogen and oxygen atoms in total. The summed E-state index contributed by atoms with van der Waals surface area (Å²) in [6.45, 7) is 4.62. The Hall–Kier alpha value is -0.570. The Morgan fingerprint density at radius 3 is 2.60 bits per heavy atom. The van der Waals surface area contributed by atoms with E-state index in [-0.39, 0.29) is 0 Å². The minimum absolute atomic E-state index is 0.632. The maximum atomic E-state index is 4.12. The van der Waals surface area contributed by atoms with E-state index in [9.17, 15) is 0 Å². The van der Waals surface area contributed by atoms with E-state index >= 15 is 0 Å². The molecule has 1 fully saturated rings. The Bertz CT molecular complexity index is 330. The first-order chi connectivity index (χ1) is 7.20. The molecule has 0 radical (unpaired) electrons. The fourth-order valence-corrected chi connectivity index (χ4v) is 2.93. The molecule has 0 bridgehead atoms. The average Bonchev–Trinajstić information content (AvgIpc) is 2.20. The van der Waals surface area contributed by atoms with Gasteiger partial charge in [-0.2, -0.15) is 0 Å². The summed E-state index contributed by atoms with van der Waals surface area (Å²) in [6, 6.07) is 3.36. The monoisotopic (exact) mass is 268 g/mol. The van der Waals surface area contributed by atoms with Gasteiger partial charge in [0, 0.05) is 24.5 Å². The molecule has 2 atom stereocenters. The Morgan fingerprint density at radius 2 is 2.00 bits per heavy atom. The van der Waals surface area contributed by atoms with Crippen molar-refractivity contribution in [1.82, 2.24) is 4.98 Å². The third-order valence-corrected chi connectivity index (χ3v) is 3.83. The van der Waals surface area contributed by atoms with Crippen LogP contribution in [0.3, 0.4) is 0 Å². The SMILES string of the molecule is CC1CCCC(C)N1c1ccncc1Br. The highest BCUT2D eigenvalue weighted by Crippen LogP contribution is 2.33. The fourth-order valence-electron chi connectivity index (χ4n) is 2.47. The van der Waals surface area contributed by atoms with Crippen molar-refractivity contribution in [3.05, 3.63) is 22.9 Å². The van der Waals surface area contributed by atoms with Crippen LogP contribution in [0.15, 0.2) is 22.9 Å². The topological polar surface area (TPSA) is 16.1 Å². The van der Waals surface area contributed by atoms with Gasteiger partial charge in [-0.15, -0.1) is 0 Å². The van der Waals surface area contributed by atoms with E-state index in [2.05, 4.69) is 45.7 Å². The third kappa shape index (κ3) is 2.17. The molecule has 0 spiro atoms. The molecule has 1 aromatic heterocycles. The Balaban J connectivity index is 2.31. The molecule has 0 amide bonds. The largest absolute Gasteiger partial charge is 0.365 e. The molecular formula is C12H17BrN2. The smallest absolute Gasteiger partial charge is 0.0592 e. The number of pyridine rings is 1. The molecule has 15 heavy (non-hydrogen) atoms. The number of hydrogen-bond donors (Lipinski definition) is 0. The van der Waals surface area contributed by atoms with Crippen LogP contribution in [0.25, 0.3) is 0 Å². The zero-order valence-electron chi connectivity index (χ0n) is 9.28. The summed E-state index contributed by atoms with van der Waals surface area (Å²) in [7, 11) is 0. The van der Waals surface area contributed by atoms with Crippen molar-refractivity contribution in [2.45, 2.75) is 45.2 Å². The van der Waals surface area contributed by atoms with E-state index in [0.29, 0.717) is 12.1 Å². The molecule has 1 aliphatic heterocycles. The predicted octanol–water partition coefficient (Wildman–Crippen LogP) is 3.61. The van der Waals surface area contributed by atoms with E-state index in [4.69, 9.17) is 0 Å². The van der Waals surface area contributed by atoms with Crippen LogP contribution in [0.5, 0.6) is 0 Å². The van der Waals surface area contributed by atoms with Crippen LogP contribution >= 0.6 is 15.9 Å². The second-order valence-corrected chi connectivity index (χ2v) is 5.22. The van der Waals surface area contributed by atoms with E-state index in [1.54, 1.807) is 0 Å². The Labute approximate surface area is 99.8 Å². The number of anilines is 1. The van der Waals surface area contributed by atoms with Gasteiger partial charge in [0.2, 0.25) is 0 Å². The maximum absolute atomic E-state index is 4.12. The van der Waals surface area contributed by atoms with Gasteiger partial charge < -0.3 is 4.90 Å². The summed E-state index contributed by atoms with van der Waals surface area (Å²) in [5.41, 5.74) is 1.28. The lowest BCUT2D eigenvalue weighted by atomic mass is 9.97. The number of halogens is 1. The van der Waals surface area contributed by atoms with Crippen LogP contribution < -0.4 is 4.90 Å². The number of aromatic nitrogens is 1. The van der Waals surface area contributed by atoms with Crippen LogP contribution in [0.2, 0.25) is 0 Å². The maximum Gasteiger partial charge on any atom is 0.0592 e. The van der Waals surface area contributed by atoms with Crippen LogP contribution in [0.4, 0.5) is 5.69 Å². The van der Waals surface area contributed by atoms with Crippen molar-refractivity contribution in [3.8, 4) is 0 Å². The van der Waals surface area contributed by atoms with Crippen LogP contribution in [0, 0.1) is 0 Å². The number of rotatable bonds is 1. The molecule has 1 saturated heterocycles. The Kier molecular flexibility index (Phi) is 3.29. The van der Waals surface area contributed by atoms with E-state index in [0.717, 1.165) is 4.47 Å². The Morgan fingerprint density at radius 1 is 1.33 bits per heavy atom. The fraction of sp³-hybridized carbons (Fsp3) is 0.583. The van der Waals surface area contributed by atoms with E-state index < -0.39 is 0 Å². The molecule has 82 valence electrons. The lowest BCUT2D eigenvalue weighted by Crippen LogP contribution is -2.44. The van der Waals surface area contributed by atoms with Crippen molar-refractivity contribution in [2.75, 3.05) is 4.90 Å². The van der Waals surface area contributed by atoms with Crippen molar-refractivity contribution in [2.24, 2.45) is 0 Å². The van der Waals surface area contributed by atoms with Gasteiger partial charge in [-0.05, 0) is 55.1 Å². The minimum atomic E-state index is 0.632. The van der Waals surface area contributed by atoms with Gasteiger partial charge in [0.15, 0.2) is 0 Å². The molecule has 0 aromatic carbocycles. The first-order valence-corrected chi connectivity index (χ1v) is 6.37. The van der Waals surface area contributed by atoms with Gasteiger partial charge in [0.05, 0.1) is 10.2 Å². The molecule has 0 aliphatic carbocycles. The quantitative estimate of drug-likeness (QED) is 0.774. The number of piperidine rings is 1. The summed E-state index contributed by atoms with van der Waals surface area (Å²) in [4.78, 5) is 6.63. The van der Waals surface area contributed by atoms with Crippen molar-refractivity contribution < 1.29 is 0 Å². The van der Waals surface area contributed by atoms with Gasteiger partial charge >= 0.3 is 0 Å².